The lowest BCUT2D eigenvalue weighted by Gasteiger charge is -2.23. The molecule has 0 bridgehead atoms. The molecule has 0 atom stereocenters. The molecule has 1 heterocycles. The second-order valence-corrected chi connectivity index (χ2v) is 11.9. The molecule has 26 heavy (non-hydrogen) atoms. The van der Waals surface area contributed by atoms with Gasteiger partial charge in [0.1, 0.15) is 12.4 Å². The minimum absolute atomic E-state index is 0. The van der Waals surface area contributed by atoms with Crippen LogP contribution in [0.3, 0.4) is 0 Å². The van der Waals surface area contributed by atoms with Crippen LogP contribution in [0.5, 0.6) is 0 Å². The first kappa shape index (κ1) is 26.1. The van der Waals surface area contributed by atoms with Crippen molar-refractivity contribution in [3.8, 4) is 0 Å². The molecule has 0 aliphatic carbocycles. The smallest absolute Gasteiger partial charge is 0.500 e. The van der Waals surface area contributed by atoms with Crippen molar-refractivity contribution in [3.05, 3.63) is 18.7 Å². The first-order valence-electron chi connectivity index (χ1n) is 8.38. The fourth-order valence-corrected chi connectivity index (χ4v) is 6.18. The second kappa shape index (κ2) is 13.3. The van der Waals surface area contributed by atoms with Gasteiger partial charge in [0.15, 0.2) is 0 Å². The molecule has 0 aromatic carbocycles. The van der Waals surface area contributed by atoms with Gasteiger partial charge in [-0.2, -0.15) is 0 Å². The fourth-order valence-electron chi connectivity index (χ4n) is 2.77. The maximum Gasteiger partial charge on any atom is 0.500 e. The zero-order chi connectivity index (χ0) is 18.8. The summed E-state index contributed by atoms with van der Waals surface area (Å²) in [5.74, 6) is 0. The van der Waals surface area contributed by atoms with E-state index in [4.69, 9.17) is 26.6 Å². The highest BCUT2D eigenvalue weighted by molar-refractivity contribution is 6.60. The number of nitrogens with zero attached hydrogens (tertiary/aromatic N) is 2. The predicted octanol–water partition coefficient (Wildman–Crippen LogP) is -1.68. The number of aryl methyl sites for hydroxylation is 2. The molecule has 0 N–H and O–H groups in total. The van der Waals surface area contributed by atoms with Crippen molar-refractivity contribution in [2.45, 2.75) is 38.0 Å². The Kier molecular flexibility index (Phi) is 13.4. The van der Waals surface area contributed by atoms with Crippen LogP contribution in [0.1, 0.15) is 12.8 Å². The Balaban J connectivity index is 0.00000625. The maximum atomic E-state index is 5.44. The van der Waals surface area contributed by atoms with Crippen molar-refractivity contribution in [2.75, 3.05) is 42.7 Å². The minimum atomic E-state index is -2.48. The van der Waals surface area contributed by atoms with E-state index in [0.717, 1.165) is 38.0 Å². The number of hydrogen-bond donors (Lipinski definition) is 0. The second-order valence-electron chi connectivity index (χ2n) is 5.69. The van der Waals surface area contributed by atoms with E-state index in [1.807, 2.05) is 0 Å². The average Bonchev–Trinajstić information content (AvgIpc) is 3.11. The molecule has 1 aromatic heterocycles. The van der Waals surface area contributed by atoms with E-state index >= 15 is 0 Å². The Morgan fingerprint density at radius 3 is 1.69 bits per heavy atom. The fraction of sp³-hybridized carbons (Fsp3) is 0.800. The van der Waals surface area contributed by atoms with Crippen LogP contribution in [0, 0.1) is 0 Å². The number of rotatable bonds is 14. The van der Waals surface area contributed by atoms with Crippen LogP contribution in [0.2, 0.25) is 12.1 Å². The summed E-state index contributed by atoms with van der Waals surface area (Å²) >= 11 is 0. The van der Waals surface area contributed by atoms with Gasteiger partial charge in [0.05, 0.1) is 13.1 Å². The molecule has 1 rings (SSSR count). The van der Waals surface area contributed by atoms with Crippen molar-refractivity contribution < 1.29 is 55.1 Å². The van der Waals surface area contributed by atoms with Crippen molar-refractivity contribution >= 4 is 17.6 Å². The summed E-state index contributed by atoms with van der Waals surface area (Å²) in [6.45, 7) is 1.79. The molecule has 154 valence electrons. The largest absolute Gasteiger partial charge is 1.00 e. The Bertz CT molecular complexity index is 429. The summed E-state index contributed by atoms with van der Waals surface area (Å²) < 4.78 is 37.0. The van der Waals surface area contributed by atoms with Crippen LogP contribution in [0.25, 0.3) is 0 Å². The third-order valence-corrected chi connectivity index (χ3v) is 10.1. The molecular formula is C15H33IN2O6Si2. The van der Waals surface area contributed by atoms with Crippen molar-refractivity contribution in [3.63, 3.8) is 0 Å². The van der Waals surface area contributed by atoms with Crippen LogP contribution in [-0.4, -0.2) is 64.8 Å². The highest BCUT2D eigenvalue weighted by Crippen LogP contribution is 2.16. The molecule has 11 heteroatoms. The topological polar surface area (TPSA) is 64.2 Å². The molecule has 1 aromatic rings. The predicted molar refractivity (Wildman–Crippen MR) is 97.0 cm³/mol. The molecule has 0 radical (unpaired) electrons. The van der Waals surface area contributed by atoms with Crippen molar-refractivity contribution in [1.82, 2.24) is 4.57 Å². The zero-order valence-corrected chi connectivity index (χ0v) is 20.9. The Hall–Kier alpha value is 0.134. The lowest BCUT2D eigenvalue weighted by atomic mass is 10.5. The quantitative estimate of drug-likeness (QED) is 0.166. The summed E-state index contributed by atoms with van der Waals surface area (Å²) in [4.78, 5) is 0. The highest BCUT2D eigenvalue weighted by Gasteiger charge is 2.38. The van der Waals surface area contributed by atoms with Gasteiger partial charge in [-0.25, -0.2) is 9.13 Å². The summed E-state index contributed by atoms with van der Waals surface area (Å²) in [5.41, 5.74) is 0. The Morgan fingerprint density at radius 1 is 0.769 bits per heavy atom. The van der Waals surface area contributed by atoms with E-state index < -0.39 is 17.6 Å². The van der Waals surface area contributed by atoms with E-state index in [2.05, 4.69) is 27.9 Å². The molecule has 0 amide bonds. The first-order valence-corrected chi connectivity index (χ1v) is 12.2. The van der Waals surface area contributed by atoms with Gasteiger partial charge in [0.25, 0.3) is 0 Å². The highest BCUT2D eigenvalue weighted by atomic mass is 127. The summed E-state index contributed by atoms with van der Waals surface area (Å²) in [7, 11) is 4.92. The van der Waals surface area contributed by atoms with E-state index in [0.29, 0.717) is 0 Å². The first-order chi connectivity index (χ1) is 12.0. The summed E-state index contributed by atoms with van der Waals surface area (Å²) in [5, 5.41) is 0. The normalized spacial score (nSPS) is 12.2. The van der Waals surface area contributed by atoms with Crippen LogP contribution in [0.15, 0.2) is 18.7 Å². The molecule has 0 aliphatic rings. The number of aromatic nitrogens is 2. The standard InChI is InChI=1S/C15H33N2O6Si2.HI/c1-18-24(19-2,20-3)13-7-9-16-11-12-17(15-16)10-8-14-25(21-4,22-5)23-6;/h11-12,15H,7-10,13-14H2,1-6H3;1H/q+1;/p-1. The number of halogens is 1. The third-order valence-electron chi connectivity index (χ3n) is 4.41. The van der Waals surface area contributed by atoms with Gasteiger partial charge >= 0.3 is 17.6 Å². The number of hydrogen-bond acceptors (Lipinski definition) is 6. The molecule has 8 nitrogen and oxygen atoms in total. The Labute approximate surface area is 176 Å². The van der Waals surface area contributed by atoms with E-state index in [9.17, 15) is 0 Å². The van der Waals surface area contributed by atoms with Gasteiger partial charge in [-0.3, -0.25) is 0 Å². The third kappa shape index (κ3) is 7.63. The maximum absolute atomic E-state index is 5.44. The van der Waals surface area contributed by atoms with Gasteiger partial charge < -0.3 is 50.5 Å². The molecule has 0 unspecified atom stereocenters. The summed E-state index contributed by atoms with van der Waals surface area (Å²) in [6.07, 6.45) is 8.12. The van der Waals surface area contributed by atoms with Gasteiger partial charge in [0, 0.05) is 54.7 Å². The van der Waals surface area contributed by atoms with Crippen molar-refractivity contribution in [1.29, 1.82) is 0 Å². The van der Waals surface area contributed by atoms with Gasteiger partial charge in [-0.05, 0) is 12.8 Å². The lowest BCUT2D eigenvalue weighted by molar-refractivity contribution is -0.696. The zero-order valence-electron chi connectivity index (χ0n) is 16.7. The van der Waals surface area contributed by atoms with Gasteiger partial charge in [0.2, 0.25) is 6.33 Å². The average molecular weight is 521 g/mol. The van der Waals surface area contributed by atoms with Crippen LogP contribution in [-0.2, 0) is 39.6 Å². The van der Waals surface area contributed by atoms with Gasteiger partial charge in [-0.1, -0.05) is 0 Å². The Morgan fingerprint density at radius 2 is 1.23 bits per heavy atom. The van der Waals surface area contributed by atoms with Crippen LogP contribution >= 0.6 is 0 Å². The van der Waals surface area contributed by atoms with Crippen LogP contribution < -0.4 is 28.5 Å². The molecule has 0 spiro atoms. The van der Waals surface area contributed by atoms with Crippen LogP contribution in [0.4, 0.5) is 0 Å². The molecule has 0 fully saturated rings. The lowest BCUT2D eigenvalue weighted by Crippen LogP contribution is -3.00. The van der Waals surface area contributed by atoms with Gasteiger partial charge in [-0.15, -0.1) is 0 Å². The molecule has 0 saturated carbocycles. The SMILES string of the molecule is CO[Si](CCCn1cc[n+](CCC[Si](OC)(OC)OC)c1)(OC)OC.[I-]. The van der Waals surface area contributed by atoms with E-state index in [1.165, 1.54) is 0 Å². The number of imidazole rings is 1. The molecular weight excluding hydrogens is 487 g/mol. The molecule has 0 saturated heterocycles. The molecule has 0 aliphatic heterocycles. The van der Waals surface area contributed by atoms with Crippen molar-refractivity contribution in [2.24, 2.45) is 0 Å². The van der Waals surface area contributed by atoms with E-state index in [1.54, 1.807) is 42.7 Å². The monoisotopic (exact) mass is 520 g/mol. The summed E-state index contributed by atoms with van der Waals surface area (Å²) in [6, 6.07) is 1.58. The minimum Gasteiger partial charge on any atom is -1.00 e. The van der Waals surface area contributed by atoms with E-state index in [-0.39, 0.29) is 24.0 Å².